The number of hydrogen-bond acceptors (Lipinski definition) is 4. The van der Waals surface area contributed by atoms with Gasteiger partial charge >= 0.3 is 0 Å². The normalized spacial score (nSPS) is 16.1. The fourth-order valence-corrected chi connectivity index (χ4v) is 3.08. The molecule has 0 spiro atoms. The number of rotatable bonds is 9. The molecule has 104 valence electrons. The lowest BCUT2D eigenvalue weighted by Gasteiger charge is -2.24. The number of nitrogens with one attached hydrogen (secondary N) is 1. The highest BCUT2D eigenvalue weighted by Crippen LogP contribution is 2.11. The minimum absolute atomic E-state index is 0.0667. The Kier molecular flexibility index (Phi) is 7.28. The average Bonchev–Trinajstić information content (AvgIpc) is 2.14. The zero-order chi connectivity index (χ0) is 13.5. The van der Waals surface area contributed by atoms with Crippen molar-refractivity contribution in [2.75, 3.05) is 24.6 Å². The molecule has 0 heterocycles. The van der Waals surface area contributed by atoms with E-state index in [1.54, 1.807) is 6.92 Å². The Labute approximate surface area is 106 Å². The molecule has 2 N–H and O–H groups in total. The molecule has 0 saturated carbocycles. The first-order valence-electron chi connectivity index (χ1n) is 6.32. The molecule has 1 unspecified atom stereocenters. The highest BCUT2D eigenvalue weighted by atomic mass is 32.2. The Morgan fingerprint density at radius 3 is 2.35 bits per heavy atom. The lowest BCUT2D eigenvalue weighted by atomic mass is 10.0. The van der Waals surface area contributed by atoms with Crippen molar-refractivity contribution in [1.29, 1.82) is 0 Å². The van der Waals surface area contributed by atoms with Crippen LogP contribution in [0.4, 0.5) is 0 Å². The monoisotopic (exact) mass is 265 g/mol. The third-order valence-electron chi connectivity index (χ3n) is 2.53. The van der Waals surface area contributed by atoms with Crippen molar-refractivity contribution in [3.8, 4) is 0 Å². The summed E-state index contributed by atoms with van der Waals surface area (Å²) in [5.74, 6) is 0.800. The first-order chi connectivity index (χ1) is 7.68. The smallest absolute Gasteiger partial charge is 0.150 e. The highest BCUT2D eigenvalue weighted by molar-refractivity contribution is 7.91. The summed E-state index contributed by atoms with van der Waals surface area (Å²) < 4.78 is 23.1. The summed E-state index contributed by atoms with van der Waals surface area (Å²) in [6.45, 7) is 8.98. The van der Waals surface area contributed by atoms with Crippen molar-refractivity contribution in [2.45, 2.75) is 46.1 Å². The van der Waals surface area contributed by atoms with E-state index in [-0.39, 0.29) is 11.5 Å². The van der Waals surface area contributed by atoms with Crippen LogP contribution in [-0.2, 0) is 9.84 Å². The van der Waals surface area contributed by atoms with Gasteiger partial charge in [-0.2, -0.15) is 0 Å². The zero-order valence-corrected chi connectivity index (χ0v) is 12.3. The third-order valence-corrected chi connectivity index (χ3v) is 4.38. The van der Waals surface area contributed by atoms with Gasteiger partial charge in [0.15, 0.2) is 0 Å². The van der Waals surface area contributed by atoms with Crippen LogP contribution in [0.1, 0.15) is 40.5 Å². The molecule has 0 aromatic heterocycles. The summed E-state index contributed by atoms with van der Waals surface area (Å²) in [5, 5.41) is 13.2. The van der Waals surface area contributed by atoms with E-state index in [1.165, 1.54) is 0 Å². The average molecular weight is 265 g/mol. The summed E-state index contributed by atoms with van der Waals surface area (Å²) in [6, 6.07) is 0. The second kappa shape index (κ2) is 7.34. The van der Waals surface area contributed by atoms with E-state index in [9.17, 15) is 13.5 Å². The molecule has 1 atom stereocenters. The van der Waals surface area contributed by atoms with Gasteiger partial charge < -0.3 is 10.4 Å². The number of aliphatic hydroxyl groups is 1. The van der Waals surface area contributed by atoms with Gasteiger partial charge in [0.25, 0.3) is 0 Å². The van der Waals surface area contributed by atoms with Crippen molar-refractivity contribution in [3.05, 3.63) is 0 Å². The Bertz CT molecular complexity index is 297. The van der Waals surface area contributed by atoms with E-state index in [4.69, 9.17) is 0 Å². The van der Waals surface area contributed by atoms with Crippen LogP contribution in [-0.4, -0.2) is 43.7 Å². The van der Waals surface area contributed by atoms with Crippen molar-refractivity contribution >= 4 is 9.84 Å². The molecular formula is C12H27NO3S. The predicted molar refractivity (Wildman–Crippen MR) is 71.9 cm³/mol. The van der Waals surface area contributed by atoms with E-state index in [1.807, 2.05) is 6.92 Å². The van der Waals surface area contributed by atoms with Crippen LogP contribution in [0.2, 0.25) is 0 Å². The molecule has 0 aliphatic carbocycles. The molecule has 0 aliphatic rings. The maximum atomic E-state index is 11.5. The van der Waals surface area contributed by atoms with Gasteiger partial charge in [-0.15, -0.1) is 0 Å². The molecule has 4 nitrogen and oxygen atoms in total. The first-order valence-corrected chi connectivity index (χ1v) is 8.14. The third kappa shape index (κ3) is 9.56. The Balaban J connectivity index is 4.00. The lowest BCUT2D eigenvalue weighted by molar-refractivity contribution is 0.0560. The molecule has 0 aromatic rings. The molecule has 0 aromatic carbocycles. The minimum atomic E-state index is -2.99. The van der Waals surface area contributed by atoms with Crippen molar-refractivity contribution in [3.63, 3.8) is 0 Å². The maximum Gasteiger partial charge on any atom is 0.150 e. The quantitative estimate of drug-likeness (QED) is 0.657. The van der Waals surface area contributed by atoms with E-state index in [0.717, 1.165) is 6.54 Å². The van der Waals surface area contributed by atoms with E-state index < -0.39 is 15.4 Å². The van der Waals surface area contributed by atoms with Crippen LogP contribution in [0.3, 0.4) is 0 Å². The largest absolute Gasteiger partial charge is 0.389 e. The maximum absolute atomic E-state index is 11.5. The second-order valence-electron chi connectivity index (χ2n) is 5.42. The predicted octanol–water partition coefficient (Wildman–Crippen LogP) is 1.20. The molecule has 5 heteroatoms. The van der Waals surface area contributed by atoms with Crippen molar-refractivity contribution in [2.24, 2.45) is 5.92 Å². The van der Waals surface area contributed by atoms with Gasteiger partial charge in [-0.1, -0.05) is 20.8 Å². The Hall–Kier alpha value is -0.130. The summed E-state index contributed by atoms with van der Waals surface area (Å²) in [4.78, 5) is 0. The molecule has 0 amide bonds. The minimum Gasteiger partial charge on any atom is -0.389 e. The lowest BCUT2D eigenvalue weighted by Crippen LogP contribution is -2.40. The molecule has 0 bridgehead atoms. The molecule has 0 aliphatic heterocycles. The van der Waals surface area contributed by atoms with E-state index in [2.05, 4.69) is 19.2 Å². The van der Waals surface area contributed by atoms with Crippen LogP contribution < -0.4 is 5.32 Å². The molecule has 0 rings (SSSR count). The molecule has 0 fully saturated rings. The summed E-state index contributed by atoms with van der Waals surface area (Å²) in [7, 11) is -2.99. The van der Waals surface area contributed by atoms with Crippen molar-refractivity contribution < 1.29 is 13.5 Å². The van der Waals surface area contributed by atoms with Crippen LogP contribution in [0.15, 0.2) is 0 Å². The highest BCUT2D eigenvalue weighted by Gasteiger charge is 2.23. The van der Waals surface area contributed by atoms with Gasteiger partial charge in [0.05, 0.1) is 11.4 Å². The van der Waals surface area contributed by atoms with Crippen LogP contribution >= 0.6 is 0 Å². The first kappa shape index (κ1) is 16.9. The molecule has 0 saturated heterocycles. The Morgan fingerprint density at radius 2 is 1.88 bits per heavy atom. The number of hydrogen-bond donors (Lipinski definition) is 2. The van der Waals surface area contributed by atoms with Gasteiger partial charge in [0.1, 0.15) is 9.84 Å². The van der Waals surface area contributed by atoms with E-state index >= 15 is 0 Å². The summed E-state index contributed by atoms with van der Waals surface area (Å²) in [5.41, 5.74) is -0.949. The van der Waals surface area contributed by atoms with Gasteiger partial charge in [0.2, 0.25) is 0 Å². The fraction of sp³-hybridized carbons (Fsp3) is 1.00. The van der Waals surface area contributed by atoms with Crippen molar-refractivity contribution in [1.82, 2.24) is 5.32 Å². The summed E-state index contributed by atoms with van der Waals surface area (Å²) >= 11 is 0. The van der Waals surface area contributed by atoms with Gasteiger partial charge in [-0.25, -0.2) is 8.42 Å². The zero-order valence-electron chi connectivity index (χ0n) is 11.5. The Morgan fingerprint density at radius 1 is 1.29 bits per heavy atom. The number of sulfone groups is 1. The fourth-order valence-electron chi connectivity index (χ4n) is 1.51. The van der Waals surface area contributed by atoms with Gasteiger partial charge in [-0.05, 0) is 32.2 Å². The van der Waals surface area contributed by atoms with Crippen LogP contribution in [0.25, 0.3) is 0 Å². The van der Waals surface area contributed by atoms with Crippen LogP contribution in [0, 0.1) is 5.92 Å². The van der Waals surface area contributed by atoms with Gasteiger partial charge in [-0.3, -0.25) is 0 Å². The standard InChI is InChI=1S/C12H27NO3S/c1-5-7-17(15,16)8-6-12(4,14)10-13-9-11(2)3/h11,13-14H,5-10H2,1-4H3. The topological polar surface area (TPSA) is 66.4 Å². The van der Waals surface area contributed by atoms with E-state index in [0.29, 0.717) is 25.3 Å². The molecule has 0 radical (unpaired) electrons. The molecular weight excluding hydrogens is 238 g/mol. The van der Waals surface area contributed by atoms with Gasteiger partial charge in [0, 0.05) is 12.3 Å². The van der Waals surface area contributed by atoms with Crippen LogP contribution in [0.5, 0.6) is 0 Å². The molecule has 17 heavy (non-hydrogen) atoms. The summed E-state index contributed by atoms with van der Waals surface area (Å²) in [6.07, 6.45) is 0.927. The second-order valence-corrected chi connectivity index (χ2v) is 7.73. The SMILES string of the molecule is CCCS(=O)(=O)CCC(C)(O)CNCC(C)C.